The second kappa shape index (κ2) is 8.99. The molecule has 0 unspecified atom stereocenters. The van der Waals surface area contributed by atoms with E-state index in [9.17, 15) is 19.7 Å². The molecule has 0 spiro atoms. The lowest BCUT2D eigenvalue weighted by Crippen LogP contribution is -2.44. The number of nitrogens with zero attached hydrogens (tertiary/aromatic N) is 1. The molecule has 0 aromatic heterocycles. The molecule has 29 heavy (non-hydrogen) atoms. The van der Waals surface area contributed by atoms with Crippen molar-refractivity contribution in [3.8, 4) is 0 Å². The third kappa shape index (κ3) is 4.77. The average Bonchev–Trinajstić information content (AvgIpc) is 2.74. The predicted molar refractivity (Wildman–Crippen MR) is 108 cm³/mol. The van der Waals surface area contributed by atoms with Gasteiger partial charge in [-0.05, 0) is 23.3 Å². The number of hydrogen-bond acceptors (Lipinski definition) is 4. The van der Waals surface area contributed by atoms with Gasteiger partial charge in [-0.25, -0.2) is 0 Å². The van der Waals surface area contributed by atoms with Gasteiger partial charge in [-0.2, -0.15) is 0 Å². The topological polar surface area (TPSA) is 101 Å². The summed E-state index contributed by atoms with van der Waals surface area (Å²) < 4.78 is 0. The maximum atomic E-state index is 12.9. The fraction of sp³-hybridized carbons (Fsp3) is 0.0476. The summed E-state index contributed by atoms with van der Waals surface area (Å²) in [5.41, 5.74) is 5.82. The Balaban J connectivity index is 1.78. The molecule has 0 aliphatic carbocycles. The Morgan fingerprint density at radius 3 is 1.93 bits per heavy atom. The minimum atomic E-state index is -0.696. The highest BCUT2D eigenvalue weighted by molar-refractivity contribution is 6.32. The number of nitro benzene ring substituents is 1. The highest BCUT2D eigenvalue weighted by atomic mass is 35.5. The van der Waals surface area contributed by atoms with Crippen molar-refractivity contribution in [1.29, 1.82) is 0 Å². The molecule has 0 radical (unpaired) electrons. The molecule has 3 aromatic carbocycles. The lowest BCUT2D eigenvalue weighted by Gasteiger charge is -2.18. The number of amides is 2. The van der Waals surface area contributed by atoms with Gasteiger partial charge in [0.1, 0.15) is 5.02 Å². The van der Waals surface area contributed by atoms with E-state index in [0.29, 0.717) is 0 Å². The zero-order chi connectivity index (χ0) is 20.8. The third-order valence-corrected chi connectivity index (χ3v) is 4.55. The second-order valence-corrected chi connectivity index (χ2v) is 6.53. The van der Waals surface area contributed by atoms with Crippen molar-refractivity contribution in [3.63, 3.8) is 0 Å². The van der Waals surface area contributed by atoms with E-state index in [0.717, 1.165) is 17.2 Å². The Morgan fingerprint density at radius 1 is 0.862 bits per heavy atom. The largest absolute Gasteiger partial charge is 0.288 e. The quantitative estimate of drug-likeness (QED) is 0.493. The first-order chi connectivity index (χ1) is 14.0. The number of halogens is 1. The first-order valence-corrected chi connectivity index (χ1v) is 8.99. The van der Waals surface area contributed by atoms with Crippen molar-refractivity contribution in [3.05, 3.63) is 111 Å². The molecule has 0 aliphatic heterocycles. The Kier molecular flexibility index (Phi) is 6.21. The van der Waals surface area contributed by atoms with Crippen LogP contribution in [0, 0.1) is 10.1 Å². The van der Waals surface area contributed by atoms with Gasteiger partial charge >= 0.3 is 0 Å². The van der Waals surface area contributed by atoms with Crippen LogP contribution >= 0.6 is 11.6 Å². The summed E-state index contributed by atoms with van der Waals surface area (Å²) in [5.74, 6) is -1.78. The number of rotatable bonds is 5. The summed E-state index contributed by atoms with van der Waals surface area (Å²) in [6.45, 7) is 0. The lowest BCUT2D eigenvalue weighted by molar-refractivity contribution is -0.384. The third-order valence-electron chi connectivity index (χ3n) is 4.23. The van der Waals surface area contributed by atoms with Crippen molar-refractivity contribution >= 4 is 29.1 Å². The molecular formula is C21H16ClN3O4. The molecular weight excluding hydrogens is 394 g/mol. The Bertz CT molecular complexity index is 1000. The van der Waals surface area contributed by atoms with Gasteiger partial charge in [0.05, 0.1) is 10.8 Å². The van der Waals surface area contributed by atoms with E-state index in [2.05, 4.69) is 10.9 Å². The van der Waals surface area contributed by atoms with Crippen LogP contribution < -0.4 is 10.9 Å². The molecule has 8 heteroatoms. The van der Waals surface area contributed by atoms with Crippen LogP contribution in [0.25, 0.3) is 0 Å². The predicted octanol–water partition coefficient (Wildman–Crippen LogP) is 3.84. The van der Waals surface area contributed by atoms with Gasteiger partial charge in [0, 0.05) is 11.6 Å². The molecule has 0 fully saturated rings. The fourth-order valence-corrected chi connectivity index (χ4v) is 3.03. The molecule has 7 nitrogen and oxygen atoms in total. The van der Waals surface area contributed by atoms with E-state index in [1.165, 1.54) is 12.1 Å². The van der Waals surface area contributed by atoms with E-state index in [4.69, 9.17) is 11.6 Å². The molecule has 146 valence electrons. The highest BCUT2D eigenvalue weighted by Gasteiger charge is 2.23. The summed E-state index contributed by atoms with van der Waals surface area (Å²) in [6, 6.07) is 21.9. The van der Waals surface area contributed by atoms with Gasteiger partial charge in [0.2, 0.25) is 5.91 Å². The maximum absolute atomic E-state index is 12.9. The monoisotopic (exact) mass is 409 g/mol. The van der Waals surface area contributed by atoms with Crippen LogP contribution in [-0.2, 0) is 4.79 Å². The smallest absolute Gasteiger partial charge is 0.272 e. The molecule has 0 bridgehead atoms. The van der Waals surface area contributed by atoms with Crippen molar-refractivity contribution in [2.75, 3.05) is 0 Å². The molecule has 2 N–H and O–H groups in total. The van der Waals surface area contributed by atoms with Crippen LogP contribution in [0.1, 0.15) is 27.4 Å². The van der Waals surface area contributed by atoms with E-state index < -0.39 is 28.3 Å². The molecule has 0 aliphatic rings. The van der Waals surface area contributed by atoms with E-state index in [1.807, 2.05) is 60.7 Å². The summed E-state index contributed by atoms with van der Waals surface area (Å²) in [5, 5.41) is 10.9. The minimum absolute atomic E-state index is 0.00243. The van der Waals surface area contributed by atoms with Gasteiger partial charge in [-0.3, -0.25) is 30.6 Å². The van der Waals surface area contributed by atoms with Gasteiger partial charge in [0.25, 0.3) is 11.6 Å². The summed E-state index contributed by atoms with van der Waals surface area (Å²) in [7, 11) is 0. The second-order valence-electron chi connectivity index (χ2n) is 6.12. The number of benzene rings is 3. The molecule has 0 atom stereocenters. The van der Waals surface area contributed by atoms with Crippen molar-refractivity contribution in [2.24, 2.45) is 0 Å². The first-order valence-electron chi connectivity index (χ1n) is 8.61. The van der Waals surface area contributed by atoms with Crippen molar-refractivity contribution < 1.29 is 14.5 Å². The van der Waals surface area contributed by atoms with Crippen LogP contribution in [0.4, 0.5) is 5.69 Å². The molecule has 3 rings (SSSR count). The molecule has 0 saturated heterocycles. The van der Waals surface area contributed by atoms with E-state index in [1.54, 1.807) is 0 Å². The van der Waals surface area contributed by atoms with Crippen LogP contribution in [0.15, 0.2) is 78.9 Å². The normalized spacial score (nSPS) is 10.4. The first kappa shape index (κ1) is 20.0. The van der Waals surface area contributed by atoms with E-state index in [-0.39, 0.29) is 10.6 Å². The van der Waals surface area contributed by atoms with Crippen LogP contribution in [0.5, 0.6) is 0 Å². The summed E-state index contributed by atoms with van der Waals surface area (Å²) in [6.07, 6.45) is 0. The lowest BCUT2D eigenvalue weighted by atomic mass is 9.91. The Labute approximate surface area is 171 Å². The fourth-order valence-electron chi connectivity index (χ4n) is 2.84. The zero-order valence-corrected chi connectivity index (χ0v) is 15.8. The summed E-state index contributed by atoms with van der Waals surface area (Å²) >= 11 is 5.76. The number of nitrogens with one attached hydrogen (secondary N) is 2. The molecule has 0 heterocycles. The number of nitro groups is 1. The number of hydrazine groups is 1. The Hall–Kier alpha value is -3.71. The average molecular weight is 410 g/mol. The minimum Gasteiger partial charge on any atom is -0.272 e. The van der Waals surface area contributed by atoms with Gasteiger partial charge in [0.15, 0.2) is 0 Å². The molecule has 0 saturated carbocycles. The maximum Gasteiger partial charge on any atom is 0.288 e. The van der Waals surface area contributed by atoms with E-state index >= 15 is 0 Å². The zero-order valence-electron chi connectivity index (χ0n) is 15.0. The standard InChI is InChI=1S/C21H16ClN3O4/c22-17-12-11-16(13-18(17)25(28)29)20(26)23-24-21(27)19(14-7-3-1-4-8-14)15-9-5-2-6-10-15/h1-13,19H,(H,23,26)(H,24,27). The molecule has 2 amide bonds. The van der Waals surface area contributed by atoms with Crippen LogP contribution in [-0.4, -0.2) is 16.7 Å². The van der Waals surface area contributed by atoms with Crippen molar-refractivity contribution in [1.82, 2.24) is 10.9 Å². The molecule has 3 aromatic rings. The Morgan fingerprint density at radius 2 is 1.41 bits per heavy atom. The number of carbonyl (C=O) groups excluding carboxylic acids is 2. The highest BCUT2D eigenvalue weighted by Crippen LogP contribution is 2.26. The van der Waals surface area contributed by atoms with Crippen LogP contribution in [0.3, 0.4) is 0 Å². The van der Waals surface area contributed by atoms with Gasteiger partial charge in [-0.1, -0.05) is 72.3 Å². The number of hydrogen-bond donors (Lipinski definition) is 2. The van der Waals surface area contributed by atoms with Crippen LogP contribution in [0.2, 0.25) is 5.02 Å². The summed E-state index contributed by atoms with van der Waals surface area (Å²) in [4.78, 5) is 35.5. The number of carbonyl (C=O) groups is 2. The van der Waals surface area contributed by atoms with Crippen molar-refractivity contribution in [2.45, 2.75) is 5.92 Å². The van der Waals surface area contributed by atoms with Gasteiger partial charge in [-0.15, -0.1) is 0 Å². The SMILES string of the molecule is O=C(NNC(=O)C(c1ccccc1)c1ccccc1)c1ccc(Cl)c([N+](=O)[O-])c1. The van der Waals surface area contributed by atoms with Gasteiger partial charge < -0.3 is 0 Å².